The number of nitrogens with two attached hydrogens (primary N) is 1. The number of hydrogen-bond donors (Lipinski definition) is 4. The van der Waals surface area contributed by atoms with Crippen molar-refractivity contribution < 1.29 is 41.8 Å². The first-order valence-corrected chi connectivity index (χ1v) is 15.2. The number of nitrogens with zero attached hydrogens (tertiary/aromatic N) is 4. The van der Waals surface area contributed by atoms with Crippen LogP contribution in [0.3, 0.4) is 0 Å². The molecule has 3 heterocycles. The van der Waals surface area contributed by atoms with Crippen LogP contribution in [0.5, 0.6) is 5.75 Å². The molecule has 1 aliphatic rings. The van der Waals surface area contributed by atoms with Gasteiger partial charge in [0, 0.05) is 6.54 Å². The van der Waals surface area contributed by atoms with E-state index in [4.69, 9.17) is 24.3 Å². The Labute approximate surface area is 246 Å². The predicted octanol–water partition coefficient (Wildman–Crippen LogP) is 3.65. The molecule has 1 saturated heterocycles. The van der Waals surface area contributed by atoms with Gasteiger partial charge >= 0.3 is 13.7 Å². The van der Waals surface area contributed by atoms with Gasteiger partial charge in [0.2, 0.25) is 5.95 Å². The van der Waals surface area contributed by atoms with E-state index in [1.807, 2.05) is 6.92 Å². The second-order valence-electron chi connectivity index (χ2n) is 10.5. The lowest BCUT2D eigenvalue weighted by Crippen LogP contribution is -2.47. The molecule has 1 fully saturated rings. The Hall–Kier alpha value is -3.43. The fourth-order valence-electron chi connectivity index (χ4n) is 4.34. The van der Waals surface area contributed by atoms with Crippen molar-refractivity contribution in [3.63, 3.8) is 0 Å². The molecule has 43 heavy (non-hydrogen) atoms. The topological polar surface area (TPSA) is 185 Å². The summed E-state index contributed by atoms with van der Waals surface area (Å²) in [6.45, 7) is 6.74. The lowest BCUT2D eigenvalue weighted by molar-refractivity contribution is -0.202. The summed E-state index contributed by atoms with van der Waals surface area (Å²) in [6.07, 6.45) is -2.79. The highest BCUT2D eigenvalue weighted by Crippen LogP contribution is 2.52. The quantitative estimate of drug-likeness (QED) is 0.159. The fourth-order valence-corrected chi connectivity index (χ4v) is 5.85. The fraction of sp³-hybridized carbons (Fsp3) is 0.538. The number of ether oxygens (including phenoxy) is 2. The van der Waals surface area contributed by atoms with Gasteiger partial charge in [-0.05, 0) is 46.2 Å². The van der Waals surface area contributed by atoms with Crippen molar-refractivity contribution in [2.75, 3.05) is 24.2 Å². The number of carbonyl (C=O) groups excluding carboxylic acids is 1. The lowest BCUT2D eigenvalue weighted by Gasteiger charge is -2.28. The largest absolute Gasteiger partial charge is 0.462 e. The van der Waals surface area contributed by atoms with Crippen LogP contribution in [-0.4, -0.2) is 73.5 Å². The van der Waals surface area contributed by atoms with Gasteiger partial charge in [0.25, 0.3) is 5.85 Å². The highest BCUT2D eigenvalue weighted by molar-refractivity contribution is 7.52. The third kappa shape index (κ3) is 7.04. The van der Waals surface area contributed by atoms with E-state index in [9.17, 15) is 14.5 Å². The van der Waals surface area contributed by atoms with Crippen LogP contribution in [0.25, 0.3) is 11.2 Å². The van der Waals surface area contributed by atoms with Gasteiger partial charge in [-0.1, -0.05) is 25.1 Å². The van der Waals surface area contributed by atoms with E-state index < -0.39 is 56.3 Å². The Balaban J connectivity index is 1.61. The minimum atomic E-state index is -4.57. The van der Waals surface area contributed by atoms with Crippen LogP contribution in [0, 0.1) is 0 Å². The lowest BCUT2D eigenvalue weighted by atomic mass is 9.97. The molecule has 0 saturated carbocycles. The molecule has 4 rings (SSSR count). The summed E-state index contributed by atoms with van der Waals surface area (Å²) in [5.74, 6) is -3.83. The van der Waals surface area contributed by atoms with E-state index in [0.717, 1.165) is 24.2 Å². The molecule has 0 spiro atoms. The number of nitrogen functional groups attached to an aromatic ring is 1. The average molecular weight is 628 g/mol. The number of fused-ring (bicyclic) bond motifs is 1. The van der Waals surface area contributed by atoms with Crippen LogP contribution in [0.1, 0.15) is 47.3 Å². The first kappa shape index (κ1) is 32.5. The summed E-state index contributed by atoms with van der Waals surface area (Å²) < 4.78 is 68.6. The molecule has 1 unspecified atom stereocenters. The molecule has 5 N–H and O–H groups in total. The van der Waals surface area contributed by atoms with E-state index in [1.54, 1.807) is 32.0 Å². The number of para-hydroxylation sites is 1. The summed E-state index contributed by atoms with van der Waals surface area (Å²) in [5, 5.41) is 16.3. The number of rotatable bonds is 13. The summed E-state index contributed by atoms with van der Waals surface area (Å²) in [6, 6.07) is 6.54. The van der Waals surface area contributed by atoms with Crippen molar-refractivity contribution in [3.8, 4) is 5.75 Å². The van der Waals surface area contributed by atoms with Crippen molar-refractivity contribution in [1.82, 2.24) is 24.6 Å². The normalized spacial score (nSPS) is 25.9. The molecule has 0 aliphatic carbocycles. The Morgan fingerprint density at radius 1 is 1.26 bits per heavy atom. The first-order valence-electron chi connectivity index (χ1n) is 13.6. The molecule has 14 nitrogen and oxygen atoms in total. The maximum Gasteiger partial charge on any atom is 0.459 e. The van der Waals surface area contributed by atoms with Gasteiger partial charge in [0.05, 0.1) is 12.4 Å². The molecule has 1 aliphatic heterocycles. The van der Waals surface area contributed by atoms with Crippen LogP contribution in [0.4, 0.5) is 20.5 Å². The van der Waals surface area contributed by atoms with Gasteiger partial charge in [0.15, 0.2) is 35.0 Å². The third-order valence-electron chi connectivity index (χ3n) is 6.42. The van der Waals surface area contributed by atoms with Gasteiger partial charge in [-0.15, -0.1) is 0 Å². The molecule has 236 valence electrons. The number of anilines is 2. The zero-order valence-corrected chi connectivity index (χ0v) is 25.3. The molecule has 1 aromatic carbocycles. The van der Waals surface area contributed by atoms with Gasteiger partial charge in [-0.25, -0.2) is 18.3 Å². The molecule has 17 heteroatoms. The van der Waals surface area contributed by atoms with Crippen molar-refractivity contribution >= 4 is 36.6 Å². The number of hydrogen-bond acceptors (Lipinski definition) is 12. The Morgan fingerprint density at radius 2 is 1.95 bits per heavy atom. The third-order valence-corrected chi connectivity index (χ3v) is 8.05. The van der Waals surface area contributed by atoms with Gasteiger partial charge in [0.1, 0.15) is 18.4 Å². The summed E-state index contributed by atoms with van der Waals surface area (Å²) in [4.78, 5) is 24.8. The smallest absolute Gasteiger partial charge is 0.459 e. The number of aromatic nitrogens is 4. The van der Waals surface area contributed by atoms with Crippen molar-refractivity contribution in [2.24, 2.45) is 0 Å². The molecule has 0 bridgehead atoms. The zero-order chi connectivity index (χ0) is 31.6. The molecular formula is C26H36F2N7O7P. The van der Waals surface area contributed by atoms with Crippen LogP contribution in [0.2, 0.25) is 0 Å². The van der Waals surface area contributed by atoms with Crippen LogP contribution < -0.4 is 20.7 Å². The van der Waals surface area contributed by atoms with Crippen molar-refractivity contribution in [3.05, 3.63) is 36.7 Å². The van der Waals surface area contributed by atoms with Crippen LogP contribution in [-0.2, 0) is 23.4 Å². The van der Waals surface area contributed by atoms with E-state index in [1.165, 1.54) is 19.1 Å². The maximum absolute atomic E-state index is 16.3. The number of imidazole rings is 1. The summed E-state index contributed by atoms with van der Waals surface area (Å²) >= 11 is 0. The van der Waals surface area contributed by atoms with Gasteiger partial charge in [-0.2, -0.15) is 15.1 Å². The van der Waals surface area contributed by atoms with Crippen LogP contribution in [0.15, 0.2) is 36.7 Å². The Morgan fingerprint density at radius 3 is 2.60 bits per heavy atom. The van der Waals surface area contributed by atoms with Crippen molar-refractivity contribution in [1.29, 1.82) is 0 Å². The van der Waals surface area contributed by atoms with E-state index >= 15 is 8.78 Å². The van der Waals surface area contributed by atoms with E-state index in [2.05, 4.69) is 25.4 Å². The standard InChI is InChI=1S/C26H36F2N7O7P/c1-6-12-30-19-18-20(33-24(29)32-19)35(14-31-18)23-25(5,27)22(37)26(28,41-23)13-39-43(38,42-17-10-8-7-9-11-17)34-16(4)21(36)40-15(2)3/h7-11,14-16,22-23,37H,6,12-13H2,1-5H3,(H,34,38)(H3,29,30,32,33)/t16-,22-,23+,25+,26+,43?/m0/s1. The summed E-state index contributed by atoms with van der Waals surface area (Å²) in [7, 11) is -4.57. The predicted molar refractivity (Wildman–Crippen MR) is 152 cm³/mol. The number of aliphatic hydroxyl groups is 1. The highest BCUT2D eigenvalue weighted by atomic mass is 31.2. The number of esters is 1. The number of benzene rings is 1. The number of nitrogens with one attached hydrogen (secondary N) is 2. The monoisotopic (exact) mass is 627 g/mol. The first-order chi connectivity index (χ1) is 20.2. The van der Waals surface area contributed by atoms with Crippen LogP contribution >= 0.6 is 7.75 Å². The number of halogens is 2. The van der Waals surface area contributed by atoms with E-state index in [0.29, 0.717) is 6.54 Å². The molecular weight excluding hydrogens is 591 g/mol. The van der Waals surface area contributed by atoms with E-state index in [-0.39, 0.29) is 28.7 Å². The SMILES string of the molecule is CCCNc1nc(N)nc2c1ncn2[C@@H]1O[C@](F)(COP(=O)(N[C@@H](C)C(=O)OC(C)C)Oc2ccccc2)[C@@H](O)[C@@]1(C)F. The average Bonchev–Trinajstić information content (AvgIpc) is 3.43. The van der Waals surface area contributed by atoms with Crippen molar-refractivity contribution in [2.45, 2.75) is 77.0 Å². The minimum absolute atomic E-state index is 0.0228. The molecule has 6 atom stereocenters. The molecule has 0 radical (unpaired) electrons. The maximum atomic E-state index is 16.3. The minimum Gasteiger partial charge on any atom is -0.462 e. The second-order valence-corrected chi connectivity index (χ2v) is 12.2. The molecule has 2 aromatic heterocycles. The zero-order valence-electron chi connectivity index (χ0n) is 24.4. The van der Waals surface area contributed by atoms with Gasteiger partial charge in [-0.3, -0.25) is 13.9 Å². The number of aliphatic hydroxyl groups excluding tert-OH is 1. The van der Waals surface area contributed by atoms with Gasteiger partial charge < -0.3 is 30.2 Å². The summed E-state index contributed by atoms with van der Waals surface area (Å²) in [5.41, 5.74) is 3.32. The molecule has 3 aromatic rings. The Bertz CT molecular complexity index is 1480. The highest BCUT2D eigenvalue weighted by Gasteiger charge is 2.65. The Kier molecular flexibility index (Phi) is 9.57. The molecule has 0 amide bonds. The number of alkyl halides is 2. The number of carbonyl (C=O) groups is 1. The second kappa shape index (κ2) is 12.7.